The van der Waals surface area contributed by atoms with Crippen molar-refractivity contribution in [2.24, 2.45) is 16.6 Å². The predicted molar refractivity (Wildman–Crippen MR) is 129 cm³/mol. The van der Waals surface area contributed by atoms with Gasteiger partial charge in [-0.15, -0.1) is 0 Å². The Kier molecular flexibility index (Phi) is 12.5. The van der Waals surface area contributed by atoms with Gasteiger partial charge in [-0.1, -0.05) is 12.1 Å². The molecule has 0 radical (unpaired) electrons. The molecular weight excluding hydrogens is 406 g/mol. The molecule has 180 valence electrons. The number of nitrogens with zero attached hydrogens (tertiary/aromatic N) is 2. The van der Waals surface area contributed by atoms with Crippen LogP contribution >= 0.6 is 0 Å². The smallest absolute Gasteiger partial charge is 0.220 e. The standard InChI is InChI=1S/C24H41N5O3/c1-3-32-18-6-14-27-24(28-19-20-7-9-22(31-2)10-8-20)26-13-4-5-15-29-16-11-21(12-17-29)23(25)30/h7-10,21H,3-6,11-19H2,1-2H3,(H2,25,30)(H2,26,27,28). The number of unbranched alkanes of at least 4 members (excludes halogenated alkanes) is 1. The number of ether oxygens (including phenoxy) is 2. The summed E-state index contributed by atoms with van der Waals surface area (Å²) < 4.78 is 10.6. The lowest BCUT2D eigenvalue weighted by atomic mass is 9.96. The van der Waals surface area contributed by atoms with Crippen LogP contribution in [0.1, 0.15) is 44.6 Å². The Morgan fingerprint density at radius 3 is 2.44 bits per heavy atom. The highest BCUT2D eigenvalue weighted by molar-refractivity contribution is 5.79. The van der Waals surface area contributed by atoms with Crippen molar-refractivity contribution in [1.82, 2.24) is 15.5 Å². The van der Waals surface area contributed by atoms with Gasteiger partial charge in [-0.05, 0) is 76.4 Å². The molecule has 1 heterocycles. The minimum atomic E-state index is -0.149. The predicted octanol–water partition coefficient (Wildman–Crippen LogP) is 2.13. The van der Waals surface area contributed by atoms with E-state index < -0.39 is 0 Å². The average Bonchev–Trinajstić information content (AvgIpc) is 2.82. The number of hydrogen-bond donors (Lipinski definition) is 3. The summed E-state index contributed by atoms with van der Waals surface area (Å²) in [5, 5.41) is 6.86. The summed E-state index contributed by atoms with van der Waals surface area (Å²) in [7, 11) is 1.67. The first-order chi connectivity index (χ1) is 15.6. The fourth-order valence-electron chi connectivity index (χ4n) is 3.71. The molecule has 0 aromatic heterocycles. The van der Waals surface area contributed by atoms with E-state index in [9.17, 15) is 4.79 Å². The highest BCUT2D eigenvalue weighted by Gasteiger charge is 2.22. The third-order valence-corrected chi connectivity index (χ3v) is 5.72. The number of likely N-dealkylation sites (tertiary alicyclic amines) is 1. The number of rotatable bonds is 14. The number of methoxy groups -OCH3 is 1. The number of nitrogens with one attached hydrogen (secondary N) is 2. The van der Waals surface area contributed by atoms with Gasteiger partial charge in [0.25, 0.3) is 0 Å². The average molecular weight is 448 g/mol. The number of primary amides is 1. The quantitative estimate of drug-likeness (QED) is 0.229. The molecule has 8 heteroatoms. The maximum absolute atomic E-state index is 11.3. The third kappa shape index (κ3) is 10.3. The second-order valence-corrected chi connectivity index (χ2v) is 8.14. The Morgan fingerprint density at radius 1 is 1.12 bits per heavy atom. The number of carbonyl (C=O) groups excluding carboxylic acids is 1. The van der Waals surface area contributed by atoms with Crippen LogP contribution in [-0.2, 0) is 16.1 Å². The molecular formula is C24H41N5O3. The van der Waals surface area contributed by atoms with Crippen molar-refractivity contribution in [1.29, 1.82) is 0 Å². The van der Waals surface area contributed by atoms with Crippen LogP contribution in [0.4, 0.5) is 0 Å². The highest BCUT2D eigenvalue weighted by Crippen LogP contribution is 2.16. The molecule has 0 saturated carbocycles. The first-order valence-corrected chi connectivity index (χ1v) is 11.9. The number of benzene rings is 1. The lowest BCUT2D eigenvalue weighted by Gasteiger charge is -2.30. The van der Waals surface area contributed by atoms with Gasteiger partial charge in [0.05, 0.1) is 13.7 Å². The summed E-state index contributed by atoms with van der Waals surface area (Å²) >= 11 is 0. The molecule has 0 spiro atoms. The summed E-state index contributed by atoms with van der Waals surface area (Å²) in [6.45, 7) is 8.82. The molecule has 1 saturated heterocycles. The zero-order valence-corrected chi connectivity index (χ0v) is 19.8. The van der Waals surface area contributed by atoms with Gasteiger partial charge < -0.3 is 30.7 Å². The maximum atomic E-state index is 11.3. The van der Waals surface area contributed by atoms with Crippen molar-refractivity contribution in [2.75, 3.05) is 53.0 Å². The number of piperidine rings is 1. The molecule has 0 unspecified atom stereocenters. The first kappa shape index (κ1) is 25.9. The maximum Gasteiger partial charge on any atom is 0.220 e. The van der Waals surface area contributed by atoms with E-state index in [0.717, 1.165) is 95.3 Å². The van der Waals surface area contributed by atoms with E-state index >= 15 is 0 Å². The fourth-order valence-corrected chi connectivity index (χ4v) is 3.71. The van der Waals surface area contributed by atoms with Gasteiger partial charge >= 0.3 is 0 Å². The zero-order valence-electron chi connectivity index (χ0n) is 19.8. The molecule has 0 atom stereocenters. The van der Waals surface area contributed by atoms with E-state index in [4.69, 9.17) is 20.2 Å². The van der Waals surface area contributed by atoms with Crippen molar-refractivity contribution in [3.8, 4) is 5.75 Å². The minimum absolute atomic E-state index is 0.0613. The van der Waals surface area contributed by atoms with Crippen LogP contribution in [0.5, 0.6) is 5.75 Å². The number of aliphatic imine (C=N–C) groups is 1. The van der Waals surface area contributed by atoms with Crippen LogP contribution in [0.3, 0.4) is 0 Å². The molecule has 1 aliphatic rings. The van der Waals surface area contributed by atoms with E-state index in [-0.39, 0.29) is 11.8 Å². The van der Waals surface area contributed by atoms with Crippen molar-refractivity contribution in [3.63, 3.8) is 0 Å². The summed E-state index contributed by atoms with van der Waals surface area (Å²) in [5.41, 5.74) is 6.56. The number of carbonyl (C=O) groups is 1. The molecule has 32 heavy (non-hydrogen) atoms. The largest absolute Gasteiger partial charge is 0.497 e. The molecule has 0 bridgehead atoms. The molecule has 2 rings (SSSR count). The first-order valence-electron chi connectivity index (χ1n) is 11.9. The third-order valence-electron chi connectivity index (χ3n) is 5.72. The van der Waals surface area contributed by atoms with E-state index in [1.807, 2.05) is 31.2 Å². The Balaban J connectivity index is 1.71. The van der Waals surface area contributed by atoms with Gasteiger partial charge in [0, 0.05) is 32.2 Å². The molecule has 1 aromatic carbocycles. The summed E-state index contributed by atoms with van der Waals surface area (Å²) in [6.07, 6.45) is 4.91. The fraction of sp³-hybridized carbons (Fsp3) is 0.667. The van der Waals surface area contributed by atoms with Crippen molar-refractivity contribution >= 4 is 11.9 Å². The van der Waals surface area contributed by atoms with E-state index in [0.29, 0.717) is 6.54 Å². The molecule has 1 aliphatic heterocycles. The molecule has 4 N–H and O–H groups in total. The van der Waals surface area contributed by atoms with Crippen LogP contribution in [0.2, 0.25) is 0 Å². The highest BCUT2D eigenvalue weighted by atomic mass is 16.5. The topological polar surface area (TPSA) is 101 Å². The van der Waals surface area contributed by atoms with Gasteiger partial charge in [0.1, 0.15) is 5.75 Å². The monoisotopic (exact) mass is 447 g/mol. The van der Waals surface area contributed by atoms with Crippen LogP contribution < -0.4 is 21.1 Å². The normalized spacial score (nSPS) is 15.5. The number of nitrogens with two attached hydrogens (primary N) is 1. The van der Waals surface area contributed by atoms with Gasteiger partial charge in [-0.25, -0.2) is 4.99 Å². The summed E-state index contributed by atoms with van der Waals surface area (Å²) in [6, 6.07) is 7.99. The molecule has 0 aliphatic carbocycles. The number of guanidine groups is 1. The van der Waals surface area contributed by atoms with Crippen LogP contribution in [0, 0.1) is 5.92 Å². The second kappa shape index (κ2) is 15.5. The summed E-state index contributed by atoms with van der Waals surface area (Å²) in [5.74, 6) is 1.60. The van der Waals surface area contributed by atoms with Gasteiger partial charge in [-0.2, -0.15) is 0 Å². The lowest BCUT2D eigenvalue weighted by Crippen LogP contribution is -2.40. The Hall–Kier alpha value is -2.32. The van der Waals surface area contributed by atoms with Crippen molar-refractivity contribution < 1.29 is 14.3 Å². The molecule has 8 nitrogen and oxygen atoms in total. The zero-order chi connectivity index (χ0) is 23.0. The van der Waals surface area contributed by atoms with Gasteiger partial charge in [-0.3, -0.25) is 4.79 Å². The Labute approximate surface area is 192 Å². The van der Waals surface area contributed by atoms with E-state index in [1.54, 1.807) is 7.11 Å². The second-order valence-electron chi connectivity index (χ2n) is 8.14. The van der Waals surface area contributed by atoms with Gasteiger partial charge in [0.15, 0.2) is 5.96 Å². The van der Waals surface area contributed by atoms with Crippen LogP contribution in [0.15, 0.2) is 29.3 Å². The van der Waals surface area contributed by atoms with E-state index in [2.05, 4.69) is 15.5 Å². The molecule has 1 fully saturated rings. The Morgan fingerprint density at radius 2 is 1.81 bits per heavy atom. The van der Waals surface area contributed by atoms with Crippen molar-refractivity contribution in [3.05, 3.63) is 29.8 Å². The van der Waals surface area contributed by atoms with Crippen molar-refractivity contribution in [2.45, 2.75) is 45.6 Å². The SMILES string of the molecule is CCOCCCNC(=NCc1ccc(OC)cc1)NCCCCN1CCC(C(N)=O)CC1. The van der Waals surface area contributed by atoms with E-state index in [1.165, 1.54) is 0 Å². The number of hydrogen-bond acceptors (Lipinski definition) is 5. The number of amides is 1. The molecule has 1 aromatic rings. The van der Waals surface area contributed by atoms with Gasteiger partial charge in [0.2, 0.25) is 5.91 Å². The Bertz CT molecular complexity index is 673. The lowest BCUT2D eigenvalue weighted by molar-refractivity contribution is -0.123. The van der Waals surface area contributed by atoms with Crippen LogP contribution in [-0.4, -0.2) is 69.8 Å². The summed E-state index contributed by atoms with van der Waals surface area (Å²) in [4.78, 5) is 18.5. The minimum Gasteiger partial charge on any atom is -0.497 e. The molecule has 1 amide bonds. The van der Waals surface area contributed by atoms with Crippen LogP contribution in [0.25, 0.3) is 0 Å².